The van der Waals surface area contributed by atoms with Crippen LogP contribution in [0.1, 0.15) is 19.4 Å². The Morgan fingerprint density at radius 2 is 1.92 bits per heavy atom. The second-order valence-corrected chi connectivity index (χ2v) is 8.41. The van der Waals surface area contributed by atoms with Crippen LogP contribution in [0, 0.1) is 0 Å². The third kappa shape index (κ3) is 3.75. The van der Waals surface area contributed by atoms with Gasteiger partial charge in [-0.15, -0.1) is 11.3 Å². The average Bonchev–Trinajstić information content (AvgIpc) is 3.16. The molecule has 2 aromatic heterocycles. The number of hydrogen-bond acceptors (Lipinski definition) is 4. The van der Waals surface area contributed by atoms with Crippen molar-refractivity contribution in [2.24, 2.45) is 0 Å². The number of rotatable bonds is 6. The molecule has 5 nitrogen and oxygen atoms in total. The smallest absolute Gasteiger partial charge is 0.244 e. The fourth-order valence-electron chi connectivity index (χ4n) is 2.41. The standard InChI is InChI=1S/C17H19N3O2S2/c1-13(2)19-24(21,22)16-12-20(11-14-7-4-3-5-8-14)18-17(16)15-9-6-10-23-15/h3-10,12-13,19H,11H2,1-2H3. The van der Waals surface area contributed by atoms with E-state index in [0.29, 0.717) is 12.2 Å². The van der Waals surface area contributed by atoms with Crippen LogP contribution in [-0.2, 0) is 16.6 Å². The SMILES string of the molecule is CC(C)NS(=O)(=O)c1cn(Cc2ccccc2)nc1-c1cccs1. The quantitative estimate of drug-likeness (QED) is 0.732. The van der Waals surface area contributed by atoms with Crippen LogP contribution in [0.5, 0.6) is 0 Å². The van der Waals surface area contributed by atoms with Crippen molar-refractivity contribution in [3.8, 4) is 10.6 Å². The van der Waals surface area contributed by atoms with Crippen molar-refractivity contribution in [2.45, 2.75) is 31.3 Å². The van der Waals surface area contributed by atoms with E-state index >= 15 is 0 Å². The molecule has 0 unspecified atom stereocenters. The molecular formula is C17H19N3O2S2. The maximum Gasteiger partial charge on any atom is 0.244 e. The first kappa shape index (κ1) is 16.9. The van der Waals surface area contributed by atoms with Gasteiger partial charge in [-0.3, -0.25) is 4.68 Å². The van der Waals surface area contributed by atoms with Gasteiger partial charge in [-0.25, -0.2) is 13.1 Å². The molecule has 0 amide bonds. The molecular weight excluding hydrogens is 342 g/mol. The Kier molecular flexibility index (Phi) is 4.84. The topological polar surface area (TPSA) is 64.0 Å². The van der Waals surface area contributed by atoms with Gasteiger partial charge in [-0.05, 0) is 30.9 Å². The number of sulfonamides is 1. The molecule has 24 heavy (non-hydrogen) atoms. The van der Waals surface area contributed by atoms with E-state index in [0.717, 1.165) is 10.4 Å². The molecule has 126 valence electrons. The zero-order chi connectivity index (χ0) is 17.2. The Bertz CT molecular complexity index is 899. The minimum atomic E-state index is -3.61. The van der Waals surface area contributed by atoms with Crippen LogP contribution in [0.15, 0.2) is 58.9 Å². The summed E-state index contributed by atoms with van der Waals surface area (Å²) in [7, 11) is -3.61. The van der Waals surface area contributed by atoms with Gasteiger partial charge in [0.1, 0.15) is 10.6 Å². The van der Waals surface area contributed by atoms with E-state index in [1.807, 2.05) is 47.8 Å². The maximum atomic E-state index is 12.7. The summed E-state index contributed by atoms with van der Waals surface area (Å²) < 4.78 is 29.6. The largest absolute Gasteiger partial charge is 0.266 e. The normalized spacial score (nSPS) is 12.0. The van der Waals surface area contributed by atoms with Crippen LogP contribution >= 0.6 is 11.3 Å². The van der Waals surface area contributed by atoms with E-state index in [4.69, 9.17) is 0 Å². The Morgan fingerprint density at radius 1 is 1.17 bits per heavy atom. The Hall–Kier alpha value is -1.96. The minimum Gasteiger partial charge on any atom is -0.266 e. The van der Waals surface area contributed by atoms with Crippen LogP contribution in [0.3, 0.4) is 0 Å². The third-order valence-electron chi connectivity index (χ3n) is 3.35. The summed E-state index contributed by atoms with van der Waals surface area (Å²) in [5.74, 6) is 0. The molecule has 0 atom stereocenters. The minimum absolute atomic E-state index is 0.177. The van der Waals surface area contributed by atoms with E-state index in [-0.39, 0.29) is 10.9 Å². The fourth-order valence-corrected chi connectivity index (χ4v) is 4.61. The monoisotopic (exact) mass is 361 g/mol. The zero-order valence-electron chi connectivity index (χ0n) is 13.5. The maximum absolute atomic E-state index is 12.7. The van der Waals surface area contributed by atoms with Crippen LogP contribution in [0.25, 0.3) is 10.6 Å². The molecule has 0 saturated carbocycles. The van der Waals surface area contributed by atoms with Gasteiger partial charge in [0, 0.05) is 12.2 Å². The Morgan fingerprint density at radius 3 is 2.54 bits per heavy atom. The molecule has 0 bridgehead atoms. The lowest BCUT2D eigenvalue weighted by Crippen LogP contribution is -2.30. The van der Waals surface area contributed by atoms with Crippen molar-refractivity contribution in [2.75, 3.05) is 0 Å². The first-order chi connectivity index (χ1) is 11.5. The lowest BCUT2D eigenvalue weighted by molar-refractivity contribution is 0.570. The van der Waals surface area contributed by atoms with Crippen LogP contribution in [0.4, 0.5) is 0 Å². The predicted molar refractivity (Wildman–Crippen MR) is 96.5 cm³/mol. The molecule has 1 N–H and O–H groups in total. The Labute approximate surface area is 146 Å². The summed E-state index contributed by atoms with van der Waals surface area (Å²) in [6.07, 6.45) is 1.60. The average molecular weight is 361 g/mol. The second kappa shape index (κ2) is 6.88. The molecule has 1 aromatic carbocycles. The van der Waals surface area contributed by atoms with Crippen molar-refractivity contribution in [3.05, 3.63) is 59.6 Å². The van der Waals surface area contributed by atoms with Crippen LogP contribution in [0.2, 0.25) is 0 Å². The van der Waals surface area contributed by atoms with E-state index in [2.05, 4.69) is 9.82 Å². The summed E-state index contributed by atoms with van der Waals surface area (Å²) in [5.41, 5.74) is 1.56. The highest BCUT2D eigenvalue weighted by atomic mass is 32.2. The van der Waals surface area contributed by atoms with Gasteiger partial charge in [0.15, 0.2) is 0 Å². The van der Waals surface area contributed by atoms with Crippen molar-refractivity contribution >= 4 is 21.4 Å². The molecule has 0 radical (unpaired) electrons. The fraction of sp³-hybridized carbons (Fsp3) is 0.235. The van der Waals surface area contributed by atoms with E-state index < -0.39 is 10.0 Å². The Balaban J connectivity index is 2.03. The lowest BCUT2D eigenvalue weighted by atomic mass is 10.2. The molecule has 7 heteroatoms. The zero-order valence-corrected chi connectivity index (χ0v) is 15.1. The highest BCUT2D eigenvalue weighted by molar-refractivity contribution is 7.89. The van der Waals surface area contributed by atoms with Crippen molar-refractivity contribution in [3.63, 3.8) is 0 Å². The van der Waals surface area contributed by atoms with Gasteiger partial charge in [-0.1, -0.05) is 36.4 Å². The summed E-state index contributed by atoms with van der Waals surface area (Å²) >= 11 is 1.48. The van der Waals surface area contributed by atoms with Crippen molar-refractivity contribution in [1.29, 1.82) is 0 Å². The molecule has 0 spiro atoms. The summed E-state index contributed by atoms with van der Waals surface area (Å²) in [4.78, 5) is 1.06. The second-order valence-electron chi connectivity index (χ2n) is 5.78. The molecule has 0 saturated heterocycles. The van der Waals surface area contributed by atoms with Crippen molar-refractivity contribution < 1.29 is 8.42 Å². The van der Waals surface area contributed by atoms with Gasteiger partial charge in [0.25, 0.3) is 0 Å². The number of nitrogens with one attached hydrogen (secondary N) is 1. The van der Waals surface area contributed by atoms with Crippen molar-refractivity contribution in [1.82, 2.24) is 14.5 Å². The summed E-state index contributed by atoms with van der Waals surface area (Å²) in [5, 5.41) is 6.44. The number of hydrogen-bond donors (Lipinski definition) is 1. The number of thiophene rings is 1. The molecule has 0 aliphatic carbocycles. The van der Waals surface area contributed by atoms with E-state index in [1.54, 1.807) is 24.7 Å². The van der Waals surface area contributed by atoms with E-state index in [1.165, 1.54) is 11.3 Å². The summed E-state index contributed by atoms with van der Waals surface area (Å²) in [6.45, 7) is 4.13. The first-order valence-corrected chi connectivity index (χ1v) is 9.99. The molecule has 0 aliphatic heterocycles. The summed E-state index contributed by atoms with van der Waals surface area (Å²) in [6, 6.07) is 13.4. The highest BCUT2D eigenvalue weighted by Crippen LogP contribution is 2.29. The van der Waals surface area contributed by atoms with Crippen LogP contribution in [-0.4, -0.2) is 24.2 Å². The van der Waals surface area contributed by atoms with Gasteiger partial charge in [0.2, 0.25) is 10.0 Å². The van der Waals surface area contributed by atoms with E-state index in [9.17, 15) is 8.42 Å². The van der Waals surface area contributed by atoms with Gasteiger partial charge in [-0.2, -0.15) is 5.10 Å². The van der Waals surface area contributed by atoms with Gasteiger partial charge < -0.3 is 0 Å². The number of aromatic nitrogens is 2. The molecule has 2 heterocycles. The number of benzene rings is 1. The van der Waals surface area contributed by atoms with Gasteiger partial charge in [0.05, 0.1) is 11.4 Å². The third-order valence-corrected chi connectivity index (χ3v) is 5.89. The first-order valence-electron chi connectivity index (χ1n) is 7.63. The molecule has 3 rings (SSSR count). The molecule has 0 fully saturated rings. The molecule has 3 aromatic rings. The van der Waals surface area contributed by atoms with Crippen LogP contribution < -0.4 is 4.72 Å². The lowest BCUT2D eigenvalue weighted by Gasteiger charge is -2.08. The molecule has 0 aliphatic rings. The predicted octanol–water partition coefficient (Wildman–Crippen LogP) is 3.35. The van der Waals surface area contributed by atoms with Gasteiger partial charge >= 0.3 is 0 Å². The number of nitrogens with zero attached hydrogens (tertiary/aromatic N) is 2. The highest BCUT2D eigenvalue weighted by Gasteiger charge is 2.24.